The lowest BCUT2D eigenvalue weighted by Crippen LogP contribution is -2.02. The van der Waals surface area contributed by atoms with Gasteiger partial charge < -0.3 is 5.32 Å². The third-order valence-corrected chi connectivity index (χ3v) is 3.37. The molecule has 2 aromatic rings. The van der Waals surface area contributed by atoms with E-state index in [1.807, 2.05) is 30.5 Å². The normalized spacial score (nSPS) is 10.5. The number of benzene rings is 2. The van der Waals surface area contributed by atoms with Gasteiger partial charge in [0.1, 0.15) is 0 Å². The van der Waals surface area contributed by atoms with E-state index in [4.69, 9.17) is 0 Å². The Hall–Kier alpha value is -1.62. The monoisotopic (exact) mass is 283 g/mol. The Morgan fingerprint density at radius 3 is 2.11 bits per heavy atom. The van der Waals surface area contributed by atoms with Crippen molar-refractivity contribution in [2.75, 3.05) is 11.6 Å². The summed E-state index contributed by atoms with van der Waals surface area (Å²) in [6.45, 7) is 0.229. The van der Waals surface area contributed by atoms with Crippen LogP contribution in [0.1, 0.15) is 5.56 Å². The van der Waals surface area contributed by atoms with Crippen LogP contribution in [-0.4, -0.2) is 6.26 Å². The van der Waals surface area contributed by atoms with Gasteiger partial charge in [0.15, 0.2) is 17.5 Å². The molecule has 0 amide bonds. The second-order valence-electron chi connectivity index (χ2n) is 3.96. The molecule has 0 aliphatic carbocycles. The van der Waals surface area contributed by atoms with Crippen molar-refractivity contribution in [1.82, 2.24) is 0 Å². The van der Waals surface area contributed by atoms with E-state index in [1.54, 1.807) is 11.8 Å². The molecule has 19 heavy (non-hydrogen) atoms. The van der Waals surface area contributed by atoms with Crippen LogP contribution in [0.15, 0.2) is 41.3 Å². The van der Waals surface area contributed by atoms with E-state index in [0.717, 1.165) is 22.7 Å². The summed E-state index contributed by atoms with van der Waals surface area (Å²) in [6.07, 6.45) is 1.98. The number of anilines is 1. The first-order valence-corrected chi connectivity index (χ1v) is 6.84. The molecule has 5 heteroatoms. The summed E-state index contributed by atoms with van der Waals surface area (Å²) in [5.41, 5.74) is 1.19. The van der Waals surface area contributed by atoms with Crippen LogP contribution < -0.4 is 5.32 Å². The van der Waals surface area contributed by atoms with E-state index < -0.39 is 17.5 Å². The zero-order valence-electron chi connectivity index (χ0n) is 10.2. The van der Waals surface area contributed by atoms with E-state index in [9.17, 15) is 13.2 Å². The van der Waals surface area contributed by atoms with Gasteiger partial charge in [0, 0.05) is 17.1 Å². The fourth-order valence-electron chi connectivity index (χ4n) is 1.62. The van der Waals surface area contributed by atoms with Gasteiger partial charge in [0.2, 0.25) is 0 Å². The number of thioether (sulfide) groups is 1. The molecule has 0 unspecified atom stereocenters. The summed E-state index contributed by atoms with van der Waals surface area (Å²) in [5.74, 6) is -3.78. The topological polar surface area (TPSA) is 12.0 Å². The van der Waals surface area contributed by atoms with E-state index in [-0.39, 0.29) is 6.54 Å². The minimum Gasteiger partial charge on any atom is -0.381 e. The number of hydrogen-bond acceptors (Lipinski definition) is 2. The Morgan fingerprint density at radius 1 is 1.00 bits per heavy atom. The van der Waals surface area contributed by atoms with Gasteiger partial charge in [-0.05, 0) is 48.2 Å². The van der Waals surface area contributed by atoms with Crippen molar-refractivity contribution in [3.05, 3.63) is 59.4 Å². The zero-order chi connectivity index (χ0) is 13.8. The van der Waals surface area contributed by atoms with Gasteiger partial charge in [-0.3, -0.25) is 0 Å². The first kappa shape index (κ1) is 13.8. The maximum Gasteiger partial charge on any atom is 0.194 e. The highest BCUT2D eigenvalue weighted by molar-refractivity contribution is 7.98. The fourth-order valence-corrected chi connectivity index (χ4v) is 2.03. The van der Waals surface area contributed by atoms with Crippen molar-refractivity contribution in [2.45, 2.75) is 11.4 Å². The molecule has 0 fully saturated rings. The van der Waals surface area contributed by atoms with Crippen molar-refractivity contribution in [2.24, 2.45) is 0 Å². The van der Waals surface area contributed by atoms with Crippen molar-refractivity contribution >= 4 is 17.4 Å². The molecule has 100 valence electrons. The largest absolute Gasteiger partial charge is 0.381 e. The Labute approximate surface area is 113 Å². The van der Waals surface area contributed by atoms with Crippen molar-refractivity contribution < 1.29 is 13.2 Å². The van der Waals surface area contributed by atoms with Crippen LogP contribution in [0, 0.1) is 17.5 Å². The second kappa shape index (κ2) is 6.02. The molecule has 0 aliphatic heterocycles. The van der Waals surface area contributed by atoms with Crippen LogP contribution in [0.3, 0.4) is 0 Å². The number of rotatable bonds is 4. The zero-order valence-corrected chi connectivity index (χ0v) is 11.0. The average Bonchev–Trinajstić information content (AvgIpc) is 2.43. The summed E-state index contributed by atoms with van der Waals surface area (Å²) in [6, 6.07) is 9.62. The Bertz CT molecular complexity index is 546. The quantitative estimate of drug-likeness (QED) is 0.657. The predicted molar refractivity (Wildman–Crippen MR) is 71.9 cm³/mol. The standard InChI is InChI=1S/C14H12F3NS/c1-19-11-4-2-10(3-5-11)18-8-9-6-12(15)14(17)13(16)7-9/h2-7,18H,8H2,1H3. The Morgan fingerprint density at radius 2 is 1.58 bits per heavy atom. The molecular formula is C14H12F3NS. The molecule has 0 saturated heterocycles. The molecule has 1 nitrogen and oxygen atoms in total. The molecule has 2 aromatic carbocycles. The molecule has 1 N–H and O–H groups in total. The van der Waals surface area contributed by atoms with Gasteiger partial charge in [-0.2, -0.15) is 0 Å². The van der Waals surface area contributed by atoms with Gasteiger partial charge in [-0.1, -0.05) is 0 Å². The molecule has 0 saturated carbocycles. The number of nitrogens with one attached hydrogen (secondary N) is 1. The molecule has 0 atom stereocenters. The van der Waals surface area contributed by atoms with Crippen molar-refractivity contribution in [1.29, 1.82) is 0 Å². The van der Waals surface area contributed by atoms with Crippen LogP contribution in [-0.2, 0) is 6.54 Å². The Balaban J connectivity index is 2.05. The van der Waals surface area contributed by atoms with Gasteiger partial charge in [0.05, 0.1) is 0 Å². The lowest BCUT2D eigenvalue weighted by molar-refractivity contribution is 0.445. The number of hydrogen-bond donors (Lipinski definition) is 1. The number of halogens is 3. The predicted octanol–water partition coefficient (Wildman–Crippen LogP) is 4.44. The fraction of sp³-hybridized carbons (Fsp3) is 0.143. The SMILES string of the molecule is CSc1ccc(NCc2cc(F)c(F)c(F)c2)cc1. The first-order valence-electron chi connectivity index (χ1n) is 5.61. The van der Waals surface area contributed by atoms with Crippen molar-refractivity contribution in [3.63, 3.8) is 0 Å². The van der Waals surface area contributed by atoms with E-state index in [1.165, 1.54) is 0 Å². The molecule has 0 radical (unpaired) electrons. The van der Waals surface area contributed by atoms with Crippen LogP contribution in [0.5, 0.6) is 0 Å². The maximum absolute atomic E-state index is 13.0. The van der Waals surface area contributed by atoms with Gasteiger partial charge in [0.25, 0.3) is 0 Å². The van der Waals surface area contributed by atoms with E-state index in [2.05, 4.69) is 5.32 Å². The molecule has 0 heterocycles. The van der Waals surface area contributed by atoms with E-state index >= 15 is 0 Å². The van der Waals surface area contributed by atoms with Gasteiger partial charge in [-0.25, -0.2) is 13.2 Å². The first-order chi connectivity index (χ1) is 9.10. The third kappa shape index (κ3) is 3.44. The lowest BCUT2D eigenvalue weighted by atomic mass is 10.2. The minimum absolute atomic E-state index is 0.229. The highest BCUT2D eigenvalue weighted by atomic mass is 32.2. The van der Waals surface area contributed by atoms with Crippen LogP contribution in [0.25, 0.3) is 0 Å². The second-order valence-corrected chi connectivity index (χ2v) is 4.84. The molecule has 0 spiro atoms. The van der Waals surface area contributed by atoms with Crippen LogP contribution in [0.4, 0.5) is 18.9 Å². The summed E-state index contributed by atoms with van der Waals surface area (Å²) >= 11 is 1.63. The maximum atomic E-state index is 13.0. The summed E-state index contributed by atoms with van der Waals surface area (Å²) in [5, 5.41) is 3.02. The minimum atomic E-state index is -1.44. The lowest BCUT2D eigenvalue weighted by Gasteiger charge is -2.08. The Kier molecular flexibility index (Phi) is 4.37. The van der Waals surface area contributed by atoms with Crippen LogP contribution in [0.2, 0.25) is 0 Å². The molecule has 0 aliphatic rings. The average molecular weight is 283 g/mol. The third-order valence-electron chi connectivity index (χ3n) is 2.63. The van der Waals surface area contributed by atoms with Gasteiger partial charge >= 0.3 is 0 Å². The summed E-state index contributed by atoms with van der Waals surface area (Å²) in [4.78, 5) is 1.13. The molecule has 2 rings (SSSR count). The van der Waals surface area contributed by atoms with Gasteiger partial charge in [-0.15, -0.1) is 11.8 Å². The molecular weight excluding hydrogens is 271 g/mol. The van der Waals surface area contributed by atoms with Crippen molar-refractivity contribution in [3.8, 4) is 0 Å². The molecule has 0 bridgehead atoms. The highest BCUT2D eigenvalue weighted by Gasteiger charge is 2.10. The summed E-state index contributed by atoms with van der Waals surface area (Å²) < 4.78 is 38.8. The smallest absolute Gasteiger partial charge is 0.194 e. The summed E-state index contributed by atoms with van der Waals surface area (Å²) in [7, 11) is 0. The highest BCUT2D eigenvalue weighted by Crippen LogP contribution is 2.19. The molecule has 0 aromatic heterocycles. The van der Waals surface area contributed by atoms with E-state index in [0.29, 0.717) is 5.56 Å². The van der Waals surface area contributed by atoms with Crippen LogP contribution >= 0.6 is 11.8 Å².